The second kappa shape index (κ2) is 6.07. The van der Waals surface area contributed by atoms with E-state index >= 15 is 0 Å². The number of hydrogen-bond acceptors (Lipinski definition) is 2. The molecule has 19 heavy (non-hydrogen) atoms. The van der Waals surface area contributed by atoms with Crippen molar-refractivity contribution in [3.8, 4) is 11.5 Å². The summed E-state index contributed by atoms with van der Waals surface area (Å²) in [4.78, 5) is 0. The molecule has 2 nitrogen and oxygen atoms in total. The molecule has 0 aliphatic rings. The Morgan fingerprint density at radius 3 is 2.21 bits per heavy atom. The molecule has 0 radical (unpaired) electrons. The molecule has 0 amide bonds. The van der Waals surface area contributed by atoms with Gasteiger partial charge in [0.25, 0.3) is 0 Å². The van der Waals surface area contributed by atoms with Crippen LogP contribution >= 0.6 is 31.9 Å². The van der Waals surface area contributed by atoms with Crippen molar-refractivity contribution in [3.05, 3.63) is 56.0 Å². The maximum atomic E-state index is 5.92. The molecule has 0 saturated heterocycles. The van der Waals surface area contributed by atoms with Crippen LogP contribution in [0.4, 0.5) is 0 Å². The van der Waals surface area contributed by atoms with Crippen molar-refractivity contribution in [1.29, 1.82) is 0 Å². The first-order chi connectivity index (χ1) is 9.01. The van der Waals surface area contributed by atoms with Gasteiger partial charge in [-0.3, -0.25) is 0 Å². The lowest BCUT2D eigenvalue weighted by Crippen LogP contribution is -1.96. The zero-order valence-electron chi connectivity index (χ0n) is 10.8. The highest BCUT2D eigenvalue weighted by atomic mass is 79.9. The molecule has 2 N–H and O–H groups in total. The van der Waals surface area contributed by atoms with Crippen molar-refractivity contribution in [1.82, 2.24) is 0 Å². The van der Waals surface area contributed by atoms with Crippen molar-refractivity contribution < 1.29 is 4.74 Å². The molecule has 0 unspecified atom stereocenters. The molecule has 0 aromatic heterocycles. The number of hydrogen-bond donors (Lipinski definition) is 1. The van der Waals surface area contributed by atoms with Gasteiger partial charge in [-0.1, -0.05) is 22.0 Å². The van der Waals surface area contributed by atoms with Crippen LogP contribution in [0.15, 0.2) is 39.3 Å². The third-order valence-electron chi connectivity index (χ3n) is 2.87. The van der Waals surface area contributed by atoms with E-state index in [1.54, 1.807) is 0 Å². The van der Waals surface area contributed by atoms with Gasteiger partial charge in [-0.15, -0.1) is 0 Å². The fourth-order valence-electron chi connectivity index (χ4n) is 1.85. The Morgan fingerprint density at radius 1 is 1.05 bits per heavy atom. The molecule has 0 bridgehead atoms. The van der Waals surface area contributed by atoms with Gasteiger partial charge in [0.15, 0.2) is 0 Å². The number of nitrogens with two attached hydrogens (primary N) is 1. The van der Waals surface area contributed by atoms with E-state index in [-0.39, 0.29) is 0 Å². The normalized spacial score (nSPS) is 10.6. The van der Waals surface area contributed by atoms with Crippen LogP contribution < -0.4 is 10.5 Å². The lowest BCUT2D eigenvalue weighted by Gasteiger charge is -2.11. The van der Waals surface area contributed by atoms with Crippen LogP contribution in [-0.2, 0) is 6.54 Å². The highest BCUT2D eigenvalue weighted by Crippen LogP contribution is 2.33. The number of benzene rings is 2. The summed E-state index contributed by atoms with van der Waals surface area (Å²) < 4.78 is 7.95. The summed E-state index contributed by atoms with van der Waals surface area (Å²) >= 11 is 7.06. The average molecular weight is 385 g/mol. The lowest BCUT2D eigenvalue weighted by molar-refractivity contribution is 0.478. The minimum atomic E-state index is 0.523. The molecule has 0 saturated carbocycles. The molecule has 0 heterocycles. The van der Waals surface area contributed by atoms with Gasteiger partial charge >= 0.3 is 0 Å². The minimum Gasteiger partial charge on any atom is -0.456 e. The van der Waals surface area contributed by atoms with Gasteiger partial charge < -0.3 is 10.5 Å². The first-order valence-corrected chi connectivity index (χ1v) is 7.53. The van der Waals surface area contributed by atoms with Crippen LogP contribution in [0.2, 0.25) is 0 Å². The predicted octanol–water partition coefficient (Wildman–Crippen LogP) is 5.08. The van der Waals surface area contributed by atoms with Crippen LogP contribution in [0, 0.1) is 13.8 Å². The zero-order valence-corrected chi connectivity index (χ0v) is 14.0. The molecule has 4 heteroatoms. The molecule has 0 atom stereocenters. The van der Waals surface area contributed by atoms with E-state index in [0.717, 1.165) is 37.1 Å². The molecule has 2 aromatic carbocycles. The maximum Gasteiger partial charge on any atom is 0.141 e. The summed E-state index contributed by atoms with van der Waals surface area (Å²) in [6.07, 6.45) is 0. The molecule has 0 aliphatic heterocycles. The van der Waals surface area contributed by atoms with Gasteiger partial charge in [-0.05, 0) is 70.7 Å². The Kier molecular flexibility index (Phi) is 4.66. The number of aryl methyl sites for hydroxylation is 2. The average Bonchev–Trinajstić information content (AvgIpc) is 2.38. The molecular formula is C15H15Br2NO. The monoisotopic (exact) mass is 383 g/mol. The van der Waals surface area contributed by atoms with E-state index < -0.39 is 0 Å². The third-order valence-corrected chi connectivity index (χ3v) is 4.74. The molecule has 0 aliphatic carbocycles. The van der Waals surface area contributed by atoms with Gasteiger partial charge in [0.1, 0.15) is 11.5 Å². The summed E-state index contributed by atoms with van der Waals surface area (Å²) in [5, 5.41) is 0. The highest BCUT2D eigenvalue weighted by molar-refractivity contribution is 9.10. The fourth-order valence-corrected chi connectivity index (χ4v) is 2.58. The number of rotatable bonds is 3. The van der Waals surface area contributed by atoms with E-state index in [2.05, 4.69) is 45.7 Å². The van der Waals surface area contributed by atoms with E-state index in [9.17, 15) is 0 Å². The highest BCUT2D eigenvalue weighted by Gasteiger charge is 2.07. The summed E-state index contributed by atoms with van der Waals surface area (Å²) in [6, 6.07) is 9.91. The minimum absolute atomic E-state index is 0.523. The Labute approximate surface area is 130 Å². The summed E-state index contributed by atoms with van der Waals surface area (Å²) in [5.41, 5.74) is 9.00. The van der Waals surface area contributed by atoms with Crippen molar-refractivity contribution in [2.24, 2.45) is 5.73 Å². The fraction of sp³-hybridized carbons (Fsp3) is 0.200. The first kappa shape index (κ1) is 14.6. The van der Waals surface area contributed by atoms with E-state index in [1.165, 1.54) is 0 Å². The van der Waals surface area contributed by atoms with Crippen LogP contribution in [0.25, 0.3) is 0 Å². The van der Waals surface area contributed by atoms with E-state index in [1.807, 2.05) is 30.3 Å². The van der Waals surface area contributed by atoms with E-state index in [4.69, 9.17) is 10.5 Å². The SMILES string of the molecule is Cc1cc(Oc2ccc(CN)cc2Br)cc(C)c1Br. The van der Waals surface area contributed by atoms with Crippen LogP contribution in [0.1, 0.15) is 16.7 Å². The van der Waals surface area contributed by atoms with Crippen molar-refractivity contribution >= 4 is 31.9 Å². The van der Waals surface area contributed by atoms with Crippen molar-refractivity contribution in [3.63, 3.8) is 0 Å². The van der Waals surface area contributed by atoms with Gasteiger partial charge in [-0.2, -0.15) is 0 Å². The molecule has 0 spiro atoms. The third kappa shape index (κ3) is 3.38. The van der Waals surface area contributed by atoms with Gasteiger partial charge in [0.05, 0.1) is 4.47 Å². The predicted molar refractivity (Wildman–Crippen MR) is 85.7 cm³/mol. The summed E-state index contributed by atoms with van der Waals surface area (Å²) in [7, 11) is 0. The smallest absolute Gasteiger partial charge is 0.141 e. The quantitative estimate of drug-likeness (QED) is 0.800. The Balaban J connectivity index is 2.31. The van der Waals surface area contributed by atoms with Gasteiger partial charge in [0.2, 0.25) is 0 Å². The zero-order chi connectivity index (χ0) is 14.0. The molecule has 0 fully saturated rings. The van der Waals surface area contributed by atoms with Crippen molar-refractivity contribution in [2.45, 2.75) is 20.4 Å². The van der Waals surface area contributed by atoms with Crippen LogP contribution in [0.5, 0.6) is 11.5 Å². The largest absolute Gasteiger partial charge is 0.456 e. The van der Waals surface area contributed by atoms with Gasteiger partial charge in [-0.25, -0.2) is 0 Å². The second-order valence-electron chi connectivity index (χ2n) is 4.44. The van der Waals surface area contributed by atoms with E-state index in [0.29, 0.717) is 6.54 Å². The molecule has 100 valence electrons. The molecular weight excluding hydrogens is 370 g/mol. The Bertz CT molecular complexity index is 588. The Hall–Kier alpha value is -0.840. The van der Waals surface area contributed by atoms with Crippen LogP contribution in [-0.4, -0.2) is 0 Å². The lowest BCUT2D eigenvalue weighted by atomic mass is 10.1. The summed E-state index contributed by atoms with van der Waals surface area (Å²) in [5.74, 6) is 1.62. The molecule has 2 aromatic rings. The number of ether oxygens (including phenoxy) is 1. The van der Waals surface area contributed by atoms with Gasteiger partial charge in [0, 0.05) is 11.0 Å². The second-order valence-corrected chi connectivity index (χ2v) is 6.09. The first-order valence-electron chi connectivity index (χ1n) is 5.94. The standard InChI is InChI=1S/C15H15Br2NO/c1-9-5-12(6-10(2)15(9)17)19-14-4-3-11(8-18)7-13(14)16/h3-7H,8,18H2,1-2H3. The molecule has 2 rings (SSSR count). The summed E-state index contributed by atoms with van der Waals surface area (Å²) in [6.45, 7) is 4.63. The number of halogens is 2. The van der Waals surface area contributed by atoms with Crippen molar-refractivity contribution in [2.75, 3.05) is 0 Å². The topological polar surface area (TPSA) is 35.2 Å². The maximum absolute atomic E-state index is 5.92. The van der Waals surface area contributed by atoms with Crippen LogP contribution in [0.3, 0.4) is 0 Å². The Morgan fingerprint density at radius 2 is 1.68 bits per heavy atom.